The third-order valence-electron chi connectivity index (χ3n) is 6.44. The molecule has 2 atom stereocenters. The molecule has 1 saturated heterocycles. The summed E-state index contributed by atoms with van der Waals surface area (Å²) in [4.78, 5) is 24.4. The molecule has 0 N–H and O–H groups in total. The molecule has 0 radical (unpaired) electrons. The smallest absolute Gasteiger partial charge is 0.255 e. The van der Waals surface area contributed by atoms with Crippen LogP contribution in [0.2, 0.25) is 0 Å². The Morgan fingerprint density at radius 3 is 2.77 bits per heavy atom. The number of amides is 1. The predicted molar refractivity (Wildman–Crippen MR) is 94.9 cm³/mol. The van der Waals surface area contributed by atoms with Gasteiger partial charge in [-0.05, 0) is 57.6 Å². The van der Waals surface area contributed by atoms with Crippen LogP contribution in [0.4, 0.5) is 0 Å². The first-order chi connectivity index (χ1) is 12.6. The van der Waals surface area contributed by atoms with Crippen LogP contribution in [0.25, 0.3) is 0 Å². The third kappa shape index (κ3) is 2.38. The highest BCUT2D eigenvalue weighted by Crippen LogP contribution is 2.50. The molecule has 0 unspecified atom stereocenters. The average molecular weight is 352 g/mol. The van der Waals surface area contributed by atoms with Crippen LogP contribution in [0.1, 0.15) is 71.5 Å². The summed E-state index contributed by atoms with van der Waals surface area (Å²) in [5.74, 6) is 2.48. The number of hydrogen-bond acceptors (Lipinski definition) is 5. The van der Waals surface area contributed by atoms with Gasteiger partial charge in [-0.1, -0.05) is 11.6 Å². The summed E-state index contributed by atoms with van der Waals surface area (Å²) in [6.07, 6.45) is 5.73. The molecule has 5 rings (SSSR count). The van der Waals surface area contributed by atoms with Crippen LogP contribution in [0.15, 0.2) is 16.7 Å². The normalized spacial score (nSPS) is 27.8. The summed E-state index contributed by atoms with van der Waals surface area (Å²) < 4.78 is 5.55. The molecule has 0 aromatic carbocycles. The molecule has 0 bridgehead atoms. The standard InChI is InChI=1S/C20H24N4O2/c1-12-16(7-8-17(21-12)14-5-6-14)18(25)24-10-15-4-3-9-20(15,11-24)19-22-13(2)23-26-19/h7-8,14-15H,3-6,9-11H2,1-2H3/t15-,20-/m0/s1. The van der Waals surface area contributed by atoms with Crippen molar-refractivity contribution in [2.24, 2.45) is 5.92 Å². The van der Waals surface area contributed by atoms with Crippen LogP contribution in [0.3, 0.4) is 0 Å². The maximum atomic E-state index is 13.2. The lowest BCUT2D eigenvalue weighted by Gasteiger charge is -2.24. The van der Waals surface area contributed by atoms with Crippen molar-refractivity contribution in [3.63, 3.8) is 0 Å². The lowest BCUT2D eigenvalue weighted by atomic mass is 9.80. The molecule has 1 aliphatic heterocycles. The van der Waals surface area contributed by atoms with Crippen LogP contribution >= 0.6 is 0 Å². The van der Waals surface area contributed by atoms with Crippen LogP contribution in [-0.4, -0.2) is 39.0 Å². The number of hydrogen-bond donors (Lipinski definition) is 0. The molecular formula is C20H24N4O2. The van der Waals surface area contributed by atoms with Crippen molar-refractivity contribution in [3.8, 4) is 0 Å². The molecular weight excluding hydrogens is 328 g/mol. The Kier molecular flexibility index (Phi) is 3.46. The molecule has 6 heteroatoms. The molecule has 2 aromatic rings. The molecule has 1 amide bonds. The van der Waals surface area contributed by atoms with Gasteiger partial charge in [-0.15, -0.1) is 0 Å². The van der Waals surface area contributed by atoms with E-state index in [4.69, 9.17) is 9.51 Å². The van der Waals surface area contributed by atoms with Gasteiger partial charge in [-0.2, -0.15) is 4.98 Å². The van der Waals surface area contributed by atoms with Gasteiger partial charge >= 0.3 is 0 Å². The number of pyridine rings is 1. The van der Waals surface area contributed by atoms with E-state index in [0.29, 0.717) is 30.1 Å². The summed E-state index contributed by atoms with van der Waals surface area (Å²) in [6.45, 7) is 5.24. The second-order valence-corrected chi connectivity index (χ2v) is 8.22. The fourth-order valence-corrected chi connectivity index (χ4v) is 4.88. The van der Waals surface area contributed by atoms with E-state index in [1.54, 1.807) is 0 Å². The minimum Gasteiger partial charge on any atom is -0.339 e. The van der Waals surface area contributed by atoms with Gasteiger partial charge in [0.05, 0.1) is 16.7 Å². The first-order valence-electron chi connectivity index (χ1n) is 9.64. The summed E-state index contributed by atoms with van der Waals surface area (Å²) in [5.41, 5.74) is 2.55. The number of nitrogens with zero attached hydrogens (tertiary/aromatic N) is 4. The molecule has 3 aliphatic rings. The highest BCUT2D eigenvalue weighted by molar-refractivity contribution is 5.95. The lowest BCUT2D eigenvalue weighted by molar-refractivity contribution is 0.0773. The molecule has 3 fully saturated rings. The van der Waals surface area contributed by atoms with Crippen LogP contribution in [0, 0.1) is 19.8 Å². The fraction of sp³-hybridized carbons (Fsp3) is 0.600. The van der Waals surface area contributed by atoms with Gasteiger partial charge in [0, 0.05) is 24.7 Å². The third-order valence-corrected chi connectivity index (χ3v) is 6.44. The predicted octanol–water partition coefficient (Wildman–Crippen LogP) is 3.15. The second-order valence-electron chi connectivity index (χ2n) is 8.22. The summed E-state index contributed by atoms with van der Waals surface area (Å²) in [5, 5.41) is 3.99. The van der Waals surface area contributed by atoms with Gasteiger partial charge in [0.25, 0.3) is 5.91 Å². The minimum atomic E-state index is -0.161. The van der Waals surface area contributed by atoms with Crippen molar-refractivity contribution < 1.29 is 9.32 Å². The molecule has 2 saturated carbocycles. The number of rotatable bonds is 3. The van der Waals surface area contributed by atoms with E-state index < -0.39 is 0 Å². The Labute approximate surface area is 153 Å². The van der Waals surface area contributed by atoms with E-state index in [-0.39, 0.29) is 11.3 Å². The number of carbonyl (C=O) groups is 1. The number of fused-ring (bicyclic) bond motifs is 1. The zero-order valence-corrected chi connectivity index (χ0v) is 15.4. The zero-order valence-electron chi connectivity index (χ0n) is 15.4. The van der Waals surface area contributed by atoms with Crippen molar-refractivity contribution >= 4 is 5.91 Å². The van der Waals surface area contributed by atoms with E-state index in [1.807, 2.05) is 30.9 Å². The molecule has 0 spiro atoms. The number of aromatic nitrogens is 3. The highest BCUT2D eigenvalue weighted by Gasteiger charge is 2.55. The van der Waals surface area contributed by atoms with Crippen molar-refractivity contribution in [1.29, 1.82) is 0 Å². The van der Waals surface area contributed by atoms with Gasteiger partial charge in [0.1, 0.15) is 0 Å². The van der Waals surface area contributed by atoms with Gasteiger partial charge in [0.2, 0.25) is 5.89 Å². The van der Waals surface area contributed by atoms with Crippen molar-refractivity contribution in [1.82, 2.24) is 20.0 Å². The van der Waals surface area contributed by atoms with E-state index in [1.165, 1.54) is 12.8 Å². The van der Waals surface area contributed by atoms with Crippen LogP contribution < -0.4 is 0 Å². The second kappa shape index (κ2) is 5.63. The Balaban J connectivity index is 1.42. The SMILES string of the molecule is Cc1noc([C@]23CCC[C@H]2CN(C(=O)c2ccc(C4CC4)nc2C)C3)n1. The Hall–Kier alpha value is -2.24. The Morgan fingerprint density at radius 1 is 1.23 bits per heavy atom. The number of likely N-dealkylation sites (tertiary alicyclic amines) is 1. The first kappa shape index (κ1) is 16.0. The monoisotopic (exact) mass is 352 g/mol. The molecule has 26 heavy (non-hydrogen) atoms. The van der Waals surface area contributed by atoms with E-state index in [0.717, 1.165) is 42.8 Å². The largest absolute Gasteiger partial charge is 0.339 e. The number of aryl methyl sites for hydroxylation is 2. The van der Waals surface area contributed by atoms with Crippen molar-refractivity contribution in [3.05, 3.63) is 40.8 Å². The van der Waals surface area contributed by atoms with E-state index >= 15 is 0 Å². The van der Waals surface area contributed by atoms with Crippen molar-refractivity contribution in [2.75, 3.05) is 13.1 Å². The molecule has 2 aromatic heterocycles. The Bertz CT molecular complexity index is 872. The fourth-order valence-electron chi connectivity index (χ4n) is 4.88. The lowest BCUT2D eigenvalue weighted by Crippen LogP contribution is -2.35. The quantitative estimate of drug-likeness (QED) is 0.848. The van der Waals surface area contributed by atoms with Crippen LogP contribution in [0.5, 0.6) is 0 Å². The summed E-state index contributed by atoms with van der Waals surface area (Å²) >= 11 is 0. The average Bonchev–Trinajstić information content (AvgIpc) is 3.08. The molecule has 6 nitrogen and oxygen atoms in total. The summed E-state index contributed by atoms with van der Waals surface area (Å²) in [6, 6.07) is 4.00. The minimum absolute atomic E-state index is 0.0855. The van der Waals surface area contributed by atoms with Crippen LogP contribution in [-0.2, 0) is 5.41 Å². The maximum absolute atomic E-state index is 13.2. The van der Waals surface area contributed by atoms with Crippen molar-refractivity contribution in [2.45, 2.75) is 57.3 Å². The summed E-state index contributed by atoms with van der Waals surface area (Å²) in [7, 11) is 0. The number of carbonyl (C=O) groups excluding carboxylic acids is 1. The van der Waals surface area contributed by atoms with E-state index in [2.05, 4.69) is 10.1 Å². The van der Waals surface area contributed by atoms with E-state index in [9.17, 15) is 4.79 Å². The van der Waals surface area contributed by atoms with Gasteiger partial charge in [-0.25, -0.2) is 0 Å². The first-order valence-corrected chi connectivity index (χ1v) is 9.64. The van der Waals surface area contributed by atoms with Gasteiger partial charge in [-0.3, -0.25) is 9.78 Å². The topological polar surface area (TPSA) is 72.1 Å². The zero-order chi connectivity index (χ0) is 17.9. The molecule has 2 aliphatic carbocycles. The van der Waals surface area contributed by atoms with Gasteiger partial charge < -0.3 is 9.42 Å². The molecule has 3 heterocycles. The molecule has 136 valence electrons. The highest BCUT2D eigenvalue weighted by atomic mass is 16.5. The van der Waals surface area contributed by atoms with Gasteiger partial charge in [0.15, 0.2) is 5.82 Å². The maximum Gasteiger partial charge on any atom is 0.255 e. The Morgan fingerprint density at radius 2 is 2.08 bits per heavy atom.